The fraction of sp³-hybridized carbons (Fsp3) is 0.375. The summed E-state index contributed by atoms with van der Waals surface area (Å²) in [6.45, 7) is 7.08. The Bertz CT molecular complexity index is 1020. The van der Waals surface area contributed by atoms with Crippen molar-refractivity contribution in [3.63, 3.8) is 0 Å². The first-order valence-corrected chi connectivity index (χ1v) is 12.0. The lowest BCUT2D eigenvalue weighted by molar-refractivity contribution is -0.123. The SMILES string of the molecule is C=Cc1cncc(/C(=C/N=C)SCNc2cc(N3CCC(F)(F)CC3)ccn2)c1.CNCC(F)(F)F. The Hall–Kier alpha value is -2.99. The topological polar surface area (TPSA) is 65.4 Å². The van der Waals surface area contributed by atoms with Gasteiger partial charge in [-0.1, -0.05) is 12.7 Å². The van der Waals surface area contributed by atoms with Crippen LogP contribution in [0.4, 0.5) is 33.5 Å². The van der Waals surface area contributed by atoms with Crippen molar-refractivity contribution < 1.29 is 22.0 Å². The molecule has 0 bridgehead atoms. The van der Waals surface area contributed by atoms with Crippen molar-refractivity contribution in [3.05, 3.63) is 60.7 Å². The number of hydrogen-bond acceptors (Lipinski definition) is 7. The Morgan fingerprint density at radius 2 is 1.97 bits per heavy atom. The molecule has 1 aliphatic rings. The molecule has 3 heterocycles. The zero-order chi connectivity index (χ0) is 26.6. The van der Waals surface area contributed by atoms with Crippen molar-refractivity contribution in [1.29, 1.82) is 0 Å². The molecule has 36 heavy (non-hydrogen) atoms. The van der Waals surface area contributed by atoms with E-state index in [1.54, 1.807) is 42.6 Å². The zero-order valence-electron chi connectivity index (χ0n) is 19.9. The van der Waals surface area contributed by atoms with Crippen LogP contribution in [0, 0.1) is 0 Å². The van der Waals surface area contributed by atoms with E-state index in [9.17, 15) is 22.0 Å². The number of alkyl halides is 5. The van der Waals surface area contributed by atoms with Gasteiger partial charge < -0.3 is 15.5 Å². The third kappa shape index (κ3) is 10.3. The molecule has 0 aromatic carbocycles. The standard InChI is InChI=1S/C21H23F2N5S.C3H6F3N/c1-3-16-10-17(13-25-12-16)19(14-24-2)29-15-27-20-11-18(4-7-26-20)28-8-5-21(22,23)6-9-28;1-7-2-3(4,5)6/h3-4,7,10-14H,1-2,5-6,8-9,15H2,(H,26,27);7H,2H2,1H3/b19-14-;. The van der Waals surface area contributed by atoms with Crippen LogP contribution in [0.25, 0.3) is 11.0 Å². The van der Waals surface area contributed by atoms with Crippen LogP contribution in [0.15, 0.2) is 54.6 Å². The third-order valence-corrected chi connectivity index (χ3v) is 5.89. The van der Waals surface area contributed by atoms with Crippen LogP contribution in [0.5, 0.6) is 0 Å². The summed E-state index contributed by atoms with van der Waals surface area (Å²) >= 11 is 1.54. The second-order valence-electron chi connectivity index (χ2n) is 7.74. The zero-order valence-corrected chi connectivity index (χ0v) is 20.7. The van der Waals surface area contributed by atoms with E-state index in [0.717, 1.165) is 21.7 Å². The van der Waals surface area contributed by atoms with Crippen LogP contribution in [0.2, 0.25) is 0 Å². The van der Waals surface area contributed by atoms with E-state index < -0.39 is 18.6 Å². The van der Waals surface area contributed by atoms with Crippen molar-refractivity contribution in [2.24, 2.45) is 4.99 Å². The molecule has 0 saturated carbocycles. The van der Waals surface area contributed by atoms with Crippen molar-refractivity contribution in [1.82, 2.24) is 15.3 Å². The molecule has 196 valence electrons. The lowest BCUT2D eigenvalue weighted by atomic mass is 10.1. The summed E-state index contributed by atoms with van der Waals surface area (Å²) < 4.78 is 59.7. The minimum absolute atomic E-state index is 0.117. The first kappa shape index (κ1) is 29.2. The van der Waals surface area contributed by atoms with Crippen LogP contribution in [0.1, 0.15) is 24.0 Å². The summed E-state index contributed by atoms with van der Waals surface area (Å²) in [6.07, 6.45) is 4.33. The first-order chi connectivity index (χ1) is 17.1. The van der Waals surface area contributed by atoms with Crippen LogP contribution in [-0.2, 0) is 0 Å². The highest BCUT2D eigenvalue weighted by atomic mass is 32.2. The maximum Gasteiger partial charge on any atom is 0.401 e. The number of piperidine rings is 1. The van der Waals surface area contributed by atoms with Gasteiger partial charge in [-0.2, -0.15) is 13.2 Å². The number of halogens is 5. The summed E-state index contributed by atoms with van der Waals surface area (Å²) in [7, 11) is 1.26. The summed E-state index contributed by atoms with van der Waals surface area (Å²) in [4.78, 5) is 15.3. The molecule has 0 radical (unpaired) electrons. The van der Waals surface area contributed by atoms with E-state index in [2.05, 4.69) is 33.6 Å². The molecule has 0 amide bonds. The number of thioether (sulfide) groups is 1. The molecule has 2 N–H and O–H groups in total. The first-order valence-electron chi connectivity index (χ1n) is 11.0. The molecule has 6 nitrogen and oxygen atoms in total. The van der Waals surface area contributed by atoms with Crippen molar-refractivity contribution >= 4 is 41.0 Å². The van der Waals surface area contributed by atoms with Gasteiger partial charge in [0.05, 0.1) is 12.4 Å². The second kappa shape index (κ2) is 13.9. The predicted molar refractivity (Wildman–Crippen MR) is 139 cm³/mol. The molecule has 1 fully saturated rings. The van der Waals surface area contributed by atoms with Gasteiger partial charge >= 0.3 is 6.18 Å². The number of nitrogens with zero attached hydrogens (tertiary/aromatic N) is 4. The molecule has 3 rings (SSSR count). The van der Waals surface area contributed by atoms with Gasteiger partial charge in [0.2, 0.25) is 0 Å². The summed E-state index contributed by atoms with van der Waals surface area (Å²) in [5, 5.41) is 5.24. The number of rotatable bonds is 9. The molecule has 0 atom stereocenters. The van der Waals surface area contributed by atoms with E-state index >= 15 is 0 Å². The lowest BCUT2D eigenvalue weighted by Crippen LogP contribution is -2.39. The van der Waals surface area contributed by atoms with Crippen LogP contribution < -0.4 is 15.5 Å². The quantitative estimate of drug-likeness (QED) is 0.239. The van der Waals surface area contributed by atoms with E-state index in [4.69, 9.17) is 0 Å². The molecule has 0 unspecified atom stereocenters. The highest BCUT2D eigenvalue weighted by Gasteiger charge is 2.34. The maximum atomic E-state index is 13.4. The molecule has 1 aliphatic heterocycles. The average molecular weight is 529 g/mol. The Morgan fingerprint density at radius 1 is 1.25 bits per heavy atom. The van der Waals surface area contributed by atoms with Gasteiger partial charge in [0.25, 0.3) is 5.92 Å². The molecule has 2 aromatic rings. The van der Waals surface area contributed by atoms with E-state index in [1.807, 2.05) is 28.4 Å². The van der Waals surface area contributed by atoms with Gasteiger partial charge in [-0.25, -0.2) is 13.8 Å². The average Bonchev–Trinajstić information content (AvgIpc) is 2.83. The Kier molecular flexibility index (Phi) is 11.3. The number of pyridine rings is 2. The Morgan fingerprint density at radius 3 is 2.56 bits per heavy atom. The maximum absolute atomic E-state index is 13.4. The molecule has 1 saturated heterocycles. The van der Waals surface area contributed by atoms with Gasteiger partial charge in [0, 0.05) is 72.9 Å². The largest absolute Gasteiger partial charge is 0.401 e. The van der Waals surface area contributed by atoms with Crippen molar-refractivity contribution in [2.75, 3.05) is 42.8 Å². The molecular formula is C24H29F5N6S. The highest BCUT2D eigenvalue weighted by molar-refractivity contribution is 8.08. The lowest BCUT2D eigenvalue weighted by Gasteiger charge is -2.33. The Labute approximate surface area is 211 Å². The number of aliphatic imine (C=N–C) groups is 1. The van der Waals surface area contributed by atoms with Gasteiger partial charge in [0.15, 0.2) is 0 Å². The summed E-state index contributed by atoms with van der Waals surface area (Å²) in [6, 6.07) is 5.72. The number of nitrogens with one attached hydrogen (secondary N) is 2. The fourth-order valence-corrected chi connectivity index (χ4v) is 3.98. The fourth-order valence-electron chi connectivity index (χ4n) is 3.18. The molecule has 12 heteroatoms. The van der Waals surface area contributed by atoms with Gasteiger partial charge in [0.1, 0.15) is 5.82 Å². The number of anilines is 2. The number of hydrogen-bond donors (Lipinski definition) is 2. The third-order valence-electron chi connectivity index (χ3n) is 4.95. The minimum atomic E-state index is -4.06. The van der Waals surface area contributed by atoms with Crippen LogP contribution in [-0.4, -0.2) is 61.3 Å². The normalized spacial score (nSPS) is 15.5. The van der Waals surface area contributed by atoms with E-state index in [0.29, 0.717) is 24.8 Å². The monoisotopic (exact) mass is 528 g/mol. The summed E-state index contributed by atoms with van der Waals surface area (Å²) in [5.74, 6) is -1.31. The Balaban J connectivity index is 0.000000572. The smallest absolute Gasteiger partial charge is 0.371 e. The van der Waals surface area contributed by atoms with E-state index in [-0.39, 0.29) is 12.8 Å². The van der Waals surface area contributed by atoms with Gasteiger partial charge in [-0.3, -0.25) is 9.98 Å². The van der Waals surface area contributed by atoms with Crippen LogP contribution in [0.3, 0.4) is 0 Å². The predicted octanol–water partition coefficient (Wildman–Crippen LogP) is 5.93. The van der Waals surface area contributed by atoms with Crippen molar-refractivity contribution in [3.8, 4) is 0 Å². The molecule has 2 aromatic heterocycles. The van der Waals surface area contributed by atoms with Gasteiger partial charge in [-0.05, 0) is 31.5 Å². The molecule has 0 spiro atoms. The second-order valence-corrected chi connectivity index (χ2v) is 8.76. The highest BCUT2D eigenvalue weighted by Crippen LogP contribution is 2.31. The van der Waals surface area contributed by atoms with Crippen molar-refractivity contribution in [2.45, 2.75) is 24.9 Å². The number of aromatic nitrogens is 2. The van der Waals surface area contributed by atoms with Crippen LogP contribution >= 0.6 is 11.8 Å². The molecular weight excluding hydrogens is 499 g/mol. The molecule has 0 aliphatic carbocycles. The van der Waals surface area contributed by atoms with E-state index in [1.165, 1.54) is 7.05 Å². The summed E-state index contributed by atoms with van der Waals surface area (Å²) in [5.41, 5.74) is 2.75. The van der Waals surface area contributed by atoms with Gasteiger partial charge in [-0.15, -0.1) is 11.8 Å². The minimum Gasteiger partial charge on any atom is -0.371 e.